The van der Waals surface area contributed by atoms with Gasteiger partial charge in [0.15, 0.2) is 0 Å². The highest BCUT2D eigenvalue weighted by atomic mass is 32.1. The molecule has 1 aliphatic heterocycles. The van der Waals surface area contributed by atoms with Gasteiger partial charge in [0.05, 0.1) is 4.88 Å². The van der Waals surface area contributed by atoms with Gasteiger partial charge in [0, 0.05) is 44.8 Å². The molecule has 1 aliphatic rings. The molecule has 5 nitrogen and oxygen atoms in total. The van der Waals surface area contributed by atoms with Gasteiger partial charge in [-0.2, -0.15) is 0 Å². The van der Waals surface area contributed by atoms with E-state index in [9.17, 15) is 9.59 Å². The third kappa shape index (κ3) is 5.81. The Morgan fingerprint density at radius 2 is 1.58 bits per heavy atom. The second kappa shape index (κ2) is 10.4. The van der Waals surface area contributed by atoms with Crippen molar-refractivity contribution in [2.75, 3.05) is 32.7 Å². The summed E-state index contributed by atoms with van der Waals surface area (Å²) in [5.74, 6) is 0.0113. The maximum Gasteiger partial charge on any atom is 0.261 e. The summed E-state index contributed by atoms with van der Waals surface area (Å²) in [6.07, 6.45) is 1.04. The molecule has 0 bridgehead atoms. The van der Waals surface area contributed by atoms with Gasteiger partial charge in [-0.15, -0.1) is 11.3 Å². The molecule has 1 fully saturated rings. The van der Waals surface area contributed by atoms with E-state index in [0.29, 0.717) is 17.0 Å². The van der Waals surface area contributed by atoms with Crippen molar-refractivity contribution in [3.05, 3.63) is 93.7 Å². The maximum atomic E-state index is 12.9. The Morgan fingerprint density at radius 3 is 2.26 bits per heavy atom. The van der Waals surface area contributed by atoms with Crippen molar-refractivity contribution in [3.63, 3.8) is 0 Å². The Labute approximate surface area is 187 Å². The average molecular weight is 434 g/mol. The van der Waals surface area contributed by atoms with Crippen LogP contribution in [0.15, 0.2) is 72.1 Å². The lowest BCUT2D eigenvalue weighted by molar-refractivity contribution is 0.0638. The molecule has 2 aromatic carbocycles. The van der Waals surface area contributed by atoms with Crippen molar-refractivity contribution in [2.45, 2.75) is 13.0 Å². The van der Waals surface area contributed by atoms with E-state index < -0.39 is 0 Å². The van der Waals surface area contributed by atoms with Crippen LogP contribution in [0, 0.1) is 0 Å². The average Bonchev–Trinajstić information content (AvgIpc) is 3.37. The first-order valence-corrected chi connectivity index (χ1v) is 11.5. The van der Waals surface area contributed by atoms with Crippen LogP contribution in [0.25, 0.3) is 0 Å². The number of piperazine rings is 1. The van der Waals surface area contributed by atoms with E-state index >= 15 is 0 Å². The van der Waals surface area contributed by atoms with Crippen molar-refractivity contribution in [3.8, 4) is 0 Å². The number of hydrogen-bond donors (Lipinski definition) is 1. The van der Waals surface area contributed by atoms with Gasteiger partial charge in [0.1, 0.15) is 0 Å². The molecular weight excluding hydrogens is 406 g/mol. The smallest absolute Gasteiger partial charge is 0.261 e. The molecule has 0 aliphatic carbocycles. The lowest BCUT2D eigenvalue weighted by atomic mass is 10.1. The first kappa shape index (κ1) is 21.3. The highest BCUT2D eigenvalue weighted by Gasteiger charge is 2.22. The molecule has 2 amide bonds. The minimum atomic E-state index is -0.0692. The number of nitrogens with one attached hydrogen (secondary N) is 1. The summed E-state index contributed by atoms with van der Waals surface area (Å²) >= 11 is 1.42. The zero-order valence-corrected chi connectivity index (χ0v) is 18.3. The third-order valence-electron chi connectivity index (χ3n) is 5.62. The van der Waals surface area contributed by atoms with Gasteiger partial charge in [-0.3, -0.25) is 14.5 Å². The molecule has 160 valence electrons. The third-order valence-corrected chi connectivity index (χ3v) is 6.49. The van der Waals surface area contributed by atoms with E-state index in [4.69, 9.17) is 0 Å². The lowest BCUT2D eigenvalue weighted by Crippen LogP contribution is -2.49. The van der Waals surface area contributed by atoms with Crippen LogP contribution in [0.1, 0.15) is 31.2 Å². The highest BCUT2D eigenvalue weighted by molar-refractivity contribution is 7.12. The summed E-state index contributed by atoms with van der Waals surface area (Å²) in [7, 11) is 0. The Balaban J connectivity index is 1.23. The number of hydrogen-bond acceptors (Lipinski definition) is 4. The van der Waals surface area contributed by atoms with Gasteiger partial charge in [0.2, 0.25) is 0 Å². The summed E-state index contributed by atoms with van der Waals surface area (Å²) in [4.78, 5) is 30.0. The van der Waals surface area contributed by atoms with Crippen LogP contribution in [0.3, 0.4) is 0 Å². The van der Waals surface area contributed by atoms with Crippen molar-refractivity contribution in [2.24, 2.45) is 0 Å². The number of benzene rings is 2. The Morgan fingerprint density at radius 1 is 0.839 bits per heavy atom. The second-order valence-electron chi connectivity index (χ2n) is 7.73. The first-order valence-electron chi connectivity index (χ1n) is 10.7. The van der Waals surface area contributed by atoms with Gasteiger partial charge in [-0.05, 0) is 41.1 Å². The molecule has 3 aromatic rings. The zero-order chi connectivity index (χ0) is 21.5. The van der Waals surface area contributed by atoms with Crippen LogP contribution in [-0.4, -0.2) is 54.3 Å². The van der Waals surface area contributed by atoms with Gasteiger partial charge < -0.3 is 10.2 Å². The minimum Gasteiger partial charge on any atom is -0.347 e. The van der Waals surface area contributed by atoms with Crippen LogP contribution in [0.5, 0.6) is 0 Å². The zero-order valence-electron chi connectivity index (χ0n) is 17.5. The van der Waals surface area contributed by atoms with E-state index in [1.807, 2.05) is 52.7 Å². The minimum absolute atomic E-state index is 0.0692. The number of thiophene rings is 1. The van der Waals surface area contributed by atoms with E-state index in [2.05, 4.69) is 34.5 Å². The molecule has 0 spiro atoms. The molecule has 1 saturated heterocycles. The predicted octanol–water partition coefficient (Wildman–Crippen LogP) is 3.68. The fraction of sp³-hybridized carbons (Fsp3) is 0.280. The molecule has 1 N–H and O–H groups in total. The lowest BCUT2D eigenvalue weighted by Gasteiger charge is -2.34. The molecule has 0 radical (unpaired) electrons. The van der Waals surface area contributed by atoms with Crippen molar-refractivity contribution in [1.29, 1.82) is 0 Å². The normalized spacial score (nSPS) is 14.4. The maximum absolute atomic E-state index is 12.9. The quantitative estimate of drug-likeness (QED) is 0.619. The van der Waals surface area contributed by atoms with Crippen molar-refractivity contribution >= 4 is 23.2 Å². The fourth-order valence-electron chi connectivity index (χ4n) is 3.73. The molecule has 0 saturated carbocycles. The Bertz CT molecular complexity index is 979. The largest absolute Gasteiger partial charge is 0.347 e. The van der Waals surface area contributed by atoms with Crippen LogP contribution in [-0.2, 0) is 13.0 Å². The number of carbonyl (C=O) groups is 2. The molecule has 2 heterocycles. The molecular formula is C25H27N3O2S. The molecule has 31 heavy (non-hydrogen) atoms. The van der Waals surface area contributed by atoms with E-state index in [1.54, 1.807) is 0 Å². The predicted molar refractivity (Wildman–Crippen MR) is 124 cm³/mol. The monoisotopic (exact) mass is 433 g/mol. The topological polar surface area (TPSA) is 52.7 Å². The summed E-state index contributed by atoms with van der Waals surface area (Å²) in [5, 5.41) is 4.80. The standard InChI is InChI=1S/C25H27N3O2S/c29-24(23-7-4-18-31-23)26-19-21-8-10-22(11-9-21)25(30)28-16-14-27(15-17-28)13-12-20-5-2-1-3-6-20/h1-11,18H,12-17,19H2,(H,26,29). The van der Waals surface area contributed by atoms with Gasteiger partial charge in [-0.25, -0.2) is 0 Å². The number of rotatable bonds is 7. The van der Waals surface area contributed by atoms with Crippen LogP contribution in [0.2, 0.25) is 0 Å². The molecule has 0 unspecified atom stereocenters. The Hall–Kier alpha value is -2.96. The Kier molecular flexibility index (Phi) is 7.12. The SMILES string of the molecule is O=C(NCc1ccc(C(=O)N2CCN(CCc3ccccc3)CC2)cc1)c1cccs1. The highest BCUT2D eigenvalue weighted by Crippen LogP contribution is 2.12. The van der Waals surface area contributed by atoms with Crippen molar-refractivity contribution in [1.82, 2.24) is 15.1 Å². The number of carbonyl (C=O) groups excluding carboxylic acids is 2. The molecule has 4 rings (SSSR count). The molecule has 0 atom stereocenters. The van der Waals surface area contributed by atoms with Crippen molar-refractivity contribution < 1.29 is 9.59 Å². The van der Waals surface area contributed by atoms with Crippen LogP contribution in [0.4, 0.5) is 0 Å². The van der Waals surface area contributed by atoms with Gasteiger partial charge in [-0.1, -0.05) is 48.5 Å². The van der Waals surface area contributed by atoms with E-state index in [-0.39, 0.29) is 11.8 Å². The van der Waals surface area contributed by atoms with E-state index in [1.165, 1.54) is 16.9 Å². The number of nitrogens with zero attached hydrogens (tertiary/aromatic N) is 2. The van der Waals surface area contributed by atoms with E-state index in [0.717, 1.165) is 44.7 Å². The first-order chi connectivity index (χ1) is 15.2. The van der Waals surface area contributed by atoms with Crippen LogP contribution < -0.4 is 5.32 Å². The number of amides is 2. The summed E-state index contributed by atoms with van der Waals surface area (Å²) < 4.78 is 0. The van der Waals surface area contributed by atoms with Gasteiger partial charge >= 0.3 is 0 Å². The molecule has 1 aromatic heterocycles. The molecule has 6 heteroatoms. The van der Waals surface area contributed by atoms with Crippen LogP contribution >= 0.6 is 11.3 Å². The second-order valence-corrected chi connectivity index (χ2v) is 8.67. The summed E-state index contributed by atoms with van der Waals surface area (Å²) in [6.45, 7) is 4.80. The summed E-state index contributed by atoms with van der Waals surface area (Å²) in [6, 6.07) is 21.7. The summed E-state index contributed by atoms with van der Waals surface area (Å²) in [5.41, 5.74) is 3.03. The van der Waals surface area contributed by atoms with Gasteiger partial charge in [0.25, 0.3) is 11.8 Å². The fourth-order valence-corrected chi connectivity index (χ4v) is 4.37.